The number of hydrogen-bond acceptors (Lipinski definition) is 1. The summed E-state index contributed by atoms with van der Waals surface area (Å²) in [6, 6.07) is 71.4. The SMILES string of the molecule is Cc1ccc2c(c1)-c1cc(N(c3ccc(-c4ccccc4)cc3)c3ccc(-c4ccccc4)cc3)ccc1C21c2ccccc2-c2ccccc21. The molecule has 1 nitrogen and oxygen atoms in total. The van der Waals surface area contributed by atoms with Crippen LogP contribution in [0.4, 0.5) is 17.1 Å². The molecule has 10 rings (SSSR count). The molecule has 1 heteroatoms. The third-order valence-electron chi connectivity index (χ3n) is 11.0. The second-order valence-corrected chi connectivity index (χ2v) is 13.8. The van der Waals surface area contributed by atoms with Crippen LogP contribution in [0.1, 0.15) is 27.8 Å². The molecule has 0 radical (unpaired) electrons. The molecule has 0 aliphatic heterocycles. The molecule has 240 valence electrons. The minimum Gasteiger partial charge on any atom is -0.310 e. The normalized spacial score (nSPS) is 13.0. The van der Waals surface area contributed by atoms with E-state index in [9.17, 15) is 0 Å². The summed E-state index contributed by atoms with van der Waals surface area (Å²) in [4.78, 5) is 2.40. The number of fused-ring (bicyclic) bond motifs is 10. The number of rotatable bonds is 5. The Labute approximate surface area is 299 Å². The maximum atomic E-state index is 2.43. The third kappa shape index (κ3) is 4.48. The van der Waals surface area contributed by atoms with Gasteiger partial charge in [0.2, 0.25) is 0 Å². The van der Waals surface area contributed by atoms with E-state index in [0.29, 0.717) is 0 Å². The highest BCUT2D eigenvalue weighted by Gasteiger charge is 2.51. The van der Waals surface area contributed by atoms with Crippen molar-refractivity contribution in [3.8, 4) is 44.5 Å². The van der Waals surface area contributed by atoms with Crippen molar-refractivity contribution >= 4 is 17.1 Å². The lowest BCUT2D eigenvalue weighted by Gasteiger charge is -2.31. The van der Waals surface area contributed by atoms with Gasteiger partial charge in [-0.1, -0.05) is 163 Å². The van der Waals surface area contributed by atoms with E-state index in [4.69, 9.17) is 0 Å². The van der Waals surface area contributed by atoms with Crippen molar-refractivity contribution in [1.82, 2.24) is 0 Å². The lowest BCUT2D eigenvalue weighted by atomic mass is 9.70. The molecular weight excluding hydrogens is 615 g/mol. The Balaban J connectivity index is 1.17. The number of nitrogens with zero attached hydrogens (tertiary/aromatic N) is 1. The first-order valence-corrected chi connectivity index (χ1v) is 17.8. The summed E-state index contributed by atoms with van der Waals surface area (Å²) >= 11 is 0. The van der Waals surface area contributed by atoms with Gasteiger partial charge in [-0.3, -0.25) is 0 Å². The van der Waals surface area contributed by atoms with Gasteiger partial charge in [-0.2, -0.15) is 0 Å². The largest absolute Gasteiger partial charge is 0.310 e. The molecule has 2 aliphatic carbocycles. The van der Waals surface area contributed by atoms with E-state index in [1.807, 2.05) is 0 Å². The smallest absolute Gasteiger partial charge is 0.0725 e. The van der Waals surface area contributed by atoms with Crippen molar-refractivity contribution in [3.05, 3.63) is 222 Å². The van der Waals surface area contributed by atoms with Gasteiger partial charge in [0, 0.05) is 17.1 Å². The summed E-state index contributed by atoms with van der Waals surface area (Å²) in [5.74, 6) is 0. The fourth-order valence-electron chi connectivity index (χ4n) is 8.70. The molecule has 0 N–H and O–H groups in total. The molecule has 0 heterocycles. The monoisotopic (exact) mass is 649 g/mol. The Morgan fingerprint density at radius 2 is 0.706 bits per heavy atom. The Morgan fingerprint density at radius 3 is 1.24 bits per heavy atom. The predicted octanol–water partition coefficient (Wildman–Crippen LogP) is 13.1. The van der Waals surface area contributed by atoms with Crippen molar-refractivity contribution in [2.24, 2.45) is 0 Å². The number of anilines is 3. The van der Waals surface area contributed by atoms with E-state index in [1.165, 1.54) is 72.3 Å². The van der Waals surface area contributed by atoms with E-state index in [0.717, 1.165) is 17.1 Å². The lowest BCUT2D eigenvalue weighted by molar-refractivity contribution is 0.793. The minimum absolute atomic E-state index is 0.358. The molecule has 2 aliphatic rings. The fourth-order valence-corrected chi connectivity index (χ4v) is 8.70. The molecule has 8 aromatic rings. The van der Waals surface area contributed by atoms with E-state index >= 15 is 0 Å². The molecule has 0 aromatic heterocycles. The zero-order valence-electron chi connectivity index (χ0n) is 28.4. The van der Waals surface area contributed by atoms with Crippen molar-refractivity contribution in [2.45, 2.75) is 12.3 Å². The zero-order chi connectivity index (χ0) is 33.9. The second kappa shape index (κ2) is 11.6. The highest BCUT2D eigenvalue weighted by atomic mass is 15.1. The van der Waals surface area contributed by atoms with Gasteiger partial charge in [0.15, 0.2) is 0 Å². The summed E-state index contributed by atoms with van der Waals surface area (Å²) in [6.45, 7) is 2.21. The molecule has 0 bridgehead atoms. The van der Waals surface area contributed by atoms with Gasteiger partial charge in [0.1, 0.15) is 0 Å². The van der Waals surface area contributed by atoms with Gasteiger partial charge < -0.3 is 4.90 Å². The maximum Gasteiger partial charge on any atom is 0.0725 e. The predicted molar refractivity (Wildman–Crippen MR) is 213 cm³/mol. The van der Waals surface area contributed by atoms with Crippen LogP contribution in [0.5, 0.6) is 0 Å². The zero-order valence-corrected chi connectivity index (χ0v) is 28.4. The molecular formula is C50H35N. The topological polar surface area (TPSA) is 3.24 Å². The molecule has 0 unspecified atom stereocenters. The molecule has 0 saturated carbocycles. The Hall–Kier alpha value is -6.44. The molecule has 0 atom stereocenters. The van der Waals surface area contributed by atoms with Crippen molar-refractivity contribution in [2.75, 3.05) is 4.90 Å². The van der Waals surface area contributed by atoms with Crippen LogP contribution >= 0.6 is 0 Å². The Bertz CT molecular complexity index is 2440. The number of aryl methyl sites for hydroxylation is 1. The van der Waals surface area contributed by atoms with E-state index in [-0.39, 0.29) is 5.41 Å². The summed E-state index contributed by atoms with van der Waals surface area (Å²) < 4.78 is 0. The first-order chi connectivity index (χ1) is 25.2. The van der Waals surface area contributed by atoms with Crippen LogP contribution in [-0.2, 0) is 5.41 Å². The van der Waals surface area contributed by atoms with Crippen LogP contribution in [0.2, 0.25) is 0 Å². The van der Waals surface area contributed by atoms with Crippen molar-refractivity contribution in [3.63, 3.8) is 0 Å². The molecule has 0 saturated heterocycles. The standard InChI is InChI=1S/C50H35N/c1-34-20-30-48-44(32-34)45-33-41(29-31-49(45)50(48)46-18-10-8-16-42(46)43-17-9-11-19-47(43)50)51(39-25-21-37(22-26-39)35-12-4-2-5-13-35)40-27-23-38(24-28-40)36-14-6-3-7-15-36/h2-33H,1H3. The molecule has 1 spiro atoms. The van der Waals surface area contributed by atoms with Crippen LogP contribution < -0.4 is 4.90 Å². The Morgan fingerprint density at radius 1 is 0.314 bits per heavy atom. The molecule has 0 amide bonds. The summed E-state index contributed by atoms with van der Waals surface area (Å²) in [5.41, 5.74) is 19.9. The van der Waals surface area contributed by atoms with Crippen LogP contribution in [0.25, 0.3) is 44.5 Å². The van der Waals surface area contributed by atoms with Crippen LogP contribution in [0.15, 0.2) is 194 Å². The van der Waals surface area contributed by atoms with Gasteiger partial charge >= 0.3 is 0 Å². The molecule has 8 aromatic carbocycles. The number of benzene rings is 8. The van der Waals surface area contributed by atoms with Gasteiger partial charge in [-0.15, -0.1) is 0 Å². The fraction of sp³-hybridized carbons (Fsp3) is 0.0400. The number of hydrogen-bond donors (Lipinski definition) is 0. The molecule has 0 fully saturated rings. The average molecular weight is 650 g/mol. The average Bonchev–Trinajstić information content (AvgIpc) is 3.66. The van der Waals surface area contributed by atoms with Gasteiger partial charge in [-0.05, 0) is 110 Å². The maximum absolute atomic E-state index is 2.43. The lowest BCUT2D eigenvalue weighted by Crippen LogP contribution is -2.25. The van der Waals surface area contributed by atoms with Gasteiger partial charge in [0.05, 0.1) is 5.41 Å². The minimum atomic E-state index is -0.358. The third-order valence-corrected chi connectivity index (χ3v) is 11.0. The molecule has 51 heavy (non-hydrogen) atoms. The quantitative estimate of drug-likeness (QED) is 0.179. The van der Waals surface area contributed by atoms with Crippen LogP contribution in [0, 0.1) is 6.92 Å². The van der Waals surface area contributed by atoms with Crippen LogP contribution in [-0.4, -0.2) is 0 Å². The first kappa shape index (κ1) is 29.5. The van der Waals surface area contributed by atoms with E-state index in [2.05, 4.69) is 206 Å². The summed E-state index contributed by atoms with van der Waals surface area (Å²) in [6.07, 6.45) is 0. The van der Waals surface area contributed by atoms with Crippen molar-refractivity contribution in [1.29, 1.82) is 0 Å². The Kier molecular flexibility index (Phi) is 6.69. The van der Waals surface area contributed by atoms with Gasteiger partial charge in [0.25, 0.3) is 0 Å². The highest BCUT2D eigenvalue weighted by molar-refractivity contribution is 5.96. The summed E-state index contributed by atoms with van der Waals surface area (Å²) in [7, 11) is 0. The second-order valence-electron chi connectivity index (χ2n) is 13.8. The first-order valence-electron chi connectivity index (χ1n) is 17.8. The van der Waals surface area contributed by atoms with E-state index in [1.54, 1.807) is 0 Å². The van der Waals surface area contributed by atoms with E-state index < -0.39 is 0 Å². The highest BCUT2D eigenvalue weighted by Crippen LogP contribution is 2.63. The summed E-state index contributed by atoms with van der Waals surface area (Å²) in [5, 5.41) is 0. The van der Waals surface area contributed by atoms with Gasteiger partial charge in [-0.25, -0.2) is 0 Å². The van der Waals surface area contributed by atoms with Crippen molar-refractivity contribution < 1.29 is 0 Å². The van der Waals surface area contributed by atoms with Crippen LogP contribution in [0.3, 0.4) is 0 Å².